The van der Waals surface area contributed by atoms with Crippen LogP contribution in [0.5, 0.6) is 0 Å². The fourth-order valence-electron chi connectivity index (χ4n) is 1.33. The summed E-state index contributed by atoms with van der Waals surface area (Å²) >= 11 is 5.78. The van der Waals surface area contributed by atoms with E-state index in [4.69, 9.17) is 11.6 Å². The van der Waals surface area contributed by atoms with Gasteiger partial charge in [-0.3, -0.25) is 0 Å². The maximum absolute atomic E-state index is 12.3. The predicted molar refractivity (Wildman–Crippen MR) is 55.0 cm³/mol. The van der Waals surface area contributed by atoms with E-state index < -0.39 is 11.7 Å². The number of hydrogen-bond donors (Lipinski definition) is 0. The van der Waals surface area contributed by atoms with Gasteiger partial charge in [0.1, 0.15) is 0 Å². The van der Waals surface area contributed by atoms with Gasteiger partial charge in [-0.1, -0.05) is 31.5 Å². The minimum absolute atomic E-state index is 0.193. The molecule has 0 aromatic heterocycles. The van der Waals surface area contributed by atoms with Crippen molar-refractivity contribution < 1.29 is 13.2 Å². The molecule has 0 N–H and O–H groups in total. The molecule has 0 amide bonds. The molecule has 0 aliphatic carbocycles. The van der Waals surface area contributed by atoms with Crippen molar-refractivity contribution in [3.05, 3.63) is 34.3 Å². The van der Waals surface area contributed by atoms with E-state index in [0.29, 0.717) is 12.3 Å². The van der Waals surface area contributed by atoms with E-state index in [1.807, 2.05) is 13.8 Å². The third-order valence-electron chi connectivity index (χ3n) is 2.01. The molecule has 0 saturated carbocycles. The number of hydrogen-bond acceptors (Lipinski definition) is 0. The van der Waals surface area contributed by atoms with Gasteiger partial charge in [-0.25, -0.2) is 0 Å². The summed E-state index contributed by atoms with van der Waals surface area (Å²) in [5.41, 5.74) is 0.0691. The van der Waals surface area contributed by atoms with Gasteiger partial charge in [0, 0.05) is 5.02 Å². The lowest BCUT2D eigenvalue weighted by Gasteiger charge is -2.11. The molecular weight excluding hydrogens is 225 g/mol. The van der Waals surface area contributed by atoms with Crippen LogP contribution in [0, 0.1) is 5.92 Å². The Morgan fingerprint density at radius 3 is 2.27 bits per heavy atom. The zero-order chi connectivity index (χ0) is 11.6. The van der Waals surface area contributed by atoms with Crippen molar-refractivity contribution in [1.29, 1.82) is 0 Å². The monoisotopic (exact) mass is 236 g/mol. The molecule has 1 rings (SSSR count). The normalized spacial score (nSPS) is 12.2. The van der Waals surface area contributed by atoms with Gasteiger partial charge >= 0.3 is 6.18 Å². The number of alkyl halides is 3. The Labute approximate surface area is 92.1 Å². The van der Waals surface area contributed by atoms with Crippen molar-refractivity contribution in [3.63, 3.8) is 0 Å². The number of halogens is 4. The molecule has 0 saturated heterocycles. The highest BCUT2D eigenvalue weighted by Gasteiger charge is 2.30. The van der Waals surface area contributed by atoms with Crippen LogP contribution in [0.4, 0.5) is 13.2 Å². The van der Waals surface area contributed by atoms with Gasteiger partial charge in [-0.2, -0.15) is 13.2 Å². The fraction of sp³-hybridized carbons (Fsp3) is 0.455. The van der Waals surface area contributed by atoms with Crippen LogP contribution in [0.2, 0.25) is 5.02 Å². The molecule has 84 valence electrons. The standard InChI is InChI=1S/C11H12ClF3/c1-7(2)5-8-3-4-9(6-10(8)12)11(13,14)15/h3-4,6-7H,5H2,1-2H3. The van der Waals surface area contributed by atoms with Gasteiger partial charge in [-0.15, -0.1) is 0 Å². The van der Waals surface area contributed by atoms with E-state index in [-0.39, 0.29) is 5.02 Å². The third-order valence-corrected chi connectivity index (χ3v) is 2.36. The Bertz CT molecular complexity index is 342. The lowest BCUT2D eigenvalue weighted by Crippen LogP contribution is -2.05. The van der Waals surface area contributed by atoms with E-state index >= 15 is 0 Å². The van der Waals surface area contributed by atoms with Crippen LogP contribution in [-0.4, -0.2) is 0 Å². The molecule has 0 heterocycles. The SMILES string of the molecule is CC(C)Cc1ccc(C(F)(F)F)cc1Cl. The van der Waals surface area contributed by atoms with E-state index in [1.165, 1.54) is 6.07 Å². The van der Waals surface area contributed by atoms with Crippen LogP contribution in [-0.2, 0) is 12.6 Å². The Morgan fingerprint density at radius 1 is 1.27 bits per heavy atom. The highest BCUT2D eigenvalue weighted by Crippen LogP contribution is 2.32. The second kappa shape index (κ2) is 4.44. The quantitative estimate of drug-likeness (QED) is 0.706. The molecule has 0 bridgehead atoms. The summed E-state index contributed by atoms with van der Waals surface area (Å²) in [6.07, 6.45) is -3.63. The Balaban J connectivity index is 2.98. The van der Waals surface area contributed by atoms with Crippen LogP contribution in [0.15, 0.2) is 18.2 Å². The Kier molecular flexibility index (Phi) is 3.66. The molecular formula is C11H12ClF3. The Morgan fingerprint density at radius 2 is 1.87 bits per heavy atom. The van der Waals surface area contributed by atoms with E-state index in [0.717, 1.165) is 17.7 Å². The van der Waals surface area contributed by atoms with Crippen molar-refractivity contribution in [1.82, 2.24) is 0 Å². The van der Waals surface area contributed by atoms with Crippen LogP contribution >= 0.6 is 11.6 Å². The first-order chi connectivity index (χ1) is 6.80. The van der Waals surface area contributed by atoms with Gasteiger partial charge in [0.2, 0.25) is 0 Å². The first-order valence-electron chi connectivity index (χ1n) is 4.66. The van der Waals surface area contributed by atoms with Crippen LogP contribution in [0.25, 0.3) is 0 Å². The fourth-order valence-corrected chi connectivity index (χ4v) is 1.59. The highest BCUT2D eigenvalue weighted by molar-refractivity contribution is 6.31. The topological polar surface area (TPSA) is 0 Å². The summed E-state index contributed by atoms with van der Waals surface area (Å²) in [6, 6.07) is 3.51. The maximum Gasteiger partial charge on any atom is 0.416 e. The molecule has 0 atom stereocenters. The van der Waals surface area contributed by atoms with Crippen LogP contribution in [0.1, 0.15) is 25.0 Å². The average Bonchev–Trinajstić information content (AvgIpc) is 2.05. The van der Waals surface area contributed by atoms with Gasteiger partial charge in [0.15, 0.2) is 0 Å². The predicted octanol–water partition coefficient (Wildman–Crippen LogP) is 4.56. The third kappa shape index (κ3) is 3.42. The minimum atomic E-state index is -4.32. The molecule has 0 unspecified atom stereocenters. The zero-order valence-corrected chi connectivity index (χ0v) is 9.28. The van der Waals surface area contributed by atoms with E-state index in [9.17, 15) is 13.2 Å². The minimum Gasteiger partial charge on any atom is -0.166 e. The largest absolute Gasteiger partial charge is 0.416 e. The Hall–Kier alpha value is -0.700. The highest BCUT2D eigenvalue weighted by atomic mass is 35.5. The van der Waals surface area contributed by atoms with Gasteiger partial charge in [-0.05, 0) is 30.0 Å². The first-order valence-corrected chi connectivity index (χ1v) is 5.04. The van der Waals surface area contributed by atoms with Crippen molar-refractivity contribution >= 4 is 11.6 Å². The number of rotatable bonds is 2. The van der Waals surface area contributed by atoms with E-state index in [2.05, 4.69) is 0 Å². The summed E-state index contributed by atoms with van der Waals surface area (Å²) in [6.45, 7) is 3.99. The molecule has 0 fully saturated rings. The van der Waals surface area contributed by atoms with Crippen LogP contribution < -0.4 is 0 Å². The summed E-state index contributed by atoms with van der Waals surface area (Å²) in [5.74, 6) is 0.374. The molecule has 0 spiro atoms. The van der Waals surface area contributed by atoms with Gasteiger partial charge in [0.05, 0.1) is 5.56 Å². The number of benzene rings is 1. The summed E-state index contributed by atoms with van der Waals surface area (Å²) in [7, 11) is 0. The van der Waals surface area contributed by atoms with Crippen molar-refractivity contribution in [2.24, 2.45) is 5.92 Å². The van der Waals surface area contributed by atoms with Crippen molar-refractivity contribution in [2.45, 2.75) is 26.4 Å². The molecule has 0 aliphatic heterocycles. The molecule has 1 aromatic carbocycles. The second-order valence-corrected chi connectivity index (χ2v) is 4.31. The summed E-state index contributed by atoms with van der Waals surface area (Å²) in [5, 5.41) is 0.193. The van der Waals surface area contributed by atoms with Crippen LogP contribution in [0.3, 0.4) is 0 Å². The summed E-state index contributed by atoms with van der Waals surface area (Å²) < 4.78 is 36.9. The first kappa shape index (κ1) is 12.4. The average molecular weight is 237 g/mol. The van der Waals surface area contributed by atoms with Gasteiger partial charge in [0.25, 0.3) is 0 Å². The molecule has 0 radical (unpaired) electrons. The molecule has 15 heavy (non-hydrogen) atoms. The molecule has 1 aromatic rings. The molecule has 0 nitrogen and oxygen atoms in total. The lowest BCUT2D eigenvalue weighted by atomic mass is 10.0. The maximum atomic E-state index is 12.3. The summed E-state index contributed by atoms with van der Waals surface area (Å²) in [4.78, 5) is 0. The van der Waals surface area contributed by atoms with Crippen molar-refractivity contribution in [3.8, 4) is 0 Å². The smallest absolute Gasteiger partial charge is 0.166 e. The van der Waals surface area contributed by atoms with Gasteiger partial charge < -0.3 is 0 Å². The second-order valence-electron chi connectivity index (χ2n) is 3.90. The van der Waals surface area contributed by atoms with E-state index in [1.54, 1.807) is 0 Å². The lowest BCUT2D eigenvalue weighted by molar-refractivity contribution is -0.137. The molecule has 4 heteroatoms. The van der Waals surface area contributed by atoms with Crippen molar-refractivity contribution in [2.75, 3.05) is 0 Å². The molecule has 0 aliphatic rings. The zero-order valence-electron chi connectivity index (χ0n) is 8.53.